The van der Waals surface area contributed by atoms with Crippen LogP contribution in [0.1, 0.15) is 17.2 Å². The number of ether oxygens (including phenoxy) is 2. The summed E-state index contributed by atoms with van der Waals surface area (Å²) in [4.78, 5) is 0. The molecule has 5 heteroatoms. The quantitative estimate of drug-likeness (QED) is 0.790. The van der Waals surface area contributed by atoms with E-state index in [4.69, 9.17) is 9.47 Å². The van der Waals surface area contributed by atoms with Gasteiger partial charge in [0.1, 0.15) is 0 Å². The molecule has 0 saturated heterocycles. The van der Waals surface area contributed by atoms with Gasteiger partial charge in [-0.1, -0.05) is 30.3 Å². The van der Waals surface area contributed by atoms with E-state index in [1.54, 1.807) is 14.2 Å². The molecule has 0 aliphatic heterocycles. The van der Waals surface area contributed by atoms with Crippen LogP contribution in [0.4, 0.5) is 0 Å². The minimum atomic E-state index is -0.523. The Morgan fingerprint density at radius 3 is 2.50 bits per heavy atom. The molecule has 2 N–H and O–H groups in total. The minimum absolute atomic E-state index is 0.482. The van der Waals surface area contributed by atoms with E-state index in [0.29, 0.717) is 24.6 Å². The average Bonchev–Trinajstić information content (AvgIpc) is 2.55. The summed E-state index contributed by atoms with van der Waals surface area (Å²) in [7, 11) is 3.22. The van der Waals surface area contributed by atoms with Crippen LogP contribution >= 0.6 is 15.9 Å². The SMILES string of the molecule is COc1cc(CNCC(O)c2ccccc2)cc(Br)c1OC. The van der Waals surface area contributed by atoms with E-state index in [2.05, 4.69) is 21.2 Å². The second-order valence-electron chi connectivity index (χ2n) is 4.87. The summed E-state index contributed by atoms with van der Waals surface area (Å²) in [6.07, 6.45) is -0.523. The highest BCUT2D eigenvalue weighted by atomic mass is 79.9. The van der Waals surface area contributed by atoms with Gasteiger partial charge in [-0.3, -0.25) is 0 Å². The highest BCUT2D eigenvalue weighted by Gasteiger charge is 2.11. The Hall–Kier alpha value is -1.56. The molecule has 4 nitrogen and oxygen atoms in total. The summed E-state index contributed by atoms with van der Waals surface area (Å²) in [6, 6.07) is 13.5. The molecule has 0 radical (unpaired) electrons. The third-order valence-corrected chi connectivity index (χ3v) is 3.93. The number of halogens is 1. The lowest BCUT2D eigenvalue weighted by molar-refractivity contribution is 0.174. The van der Waals surface area contributed by atoms with Gasteiger partial charge in [0.05, 0.1) is 24.8 Å². The van der Waals surface area contributed by atoms with E-state index in [0.717, 1.165) is 15.6 Å². The number of methoxy groups -OCH3 is 2. The molecule has 1 unspecified atom stereocenters. The average molecular weight is 366 g/mol. The fourth-order valence-electron chi connectivity index (χ4n) is 2.22. The maximum absolute atomic E-state index is 10.1. The summed E-state index contributed by atoms with van der Waals surface area (Å²) in [6.45, 7) is 1.11. The summed E-state index contributed by atoms with van der Waals surface area (Å²) in [5.41, 5.74) is 1.95. The van der Waals surface area contributed by atoms with Crippen molar-refractivity contribution in [1.82, 2.24) is 5.32 Å². The molecule has 0 fully saturated rings. The number of rotatable bonds is 7. The van der Waals surface area contributed by atoms with Crippen LogP contribution in [-0.4, -0.2) is 25.9 Å². The molecular formula is C17H20BrNO3. The molecule has 0 spiro atoms. The maximum atomic E-state index is 10.1. The Morgan fingerprint density at radius 2 is 1.86 bits per heavy atom. The maximum Gasteiger partial charge on any atom is 0.174 e. The zero-order valence-corrected chi connectivity index (χ0v) is 14.3. The van der Waals surface area contributed by atoms with E-state index >= 15 is 0 Å². The fourth-order valence-corrected chi connectivity index (χ4v) is 2.87. The van der Waals surface area contributed by atoms with Gasteiger partial charge < -0.3 is 19.9 Å². The van der Waals surface area contributed by atoms with E-state index < -0.39 is 6.10 Å². The van der Waals surface area contributed by atoms with E-state index in [9.17, 15) is 5.11 Å². The summed E-state index contributed by atoms with van der Waals surface area (Å²) in [5, 5.41) is 13.4. The summed E-state index contributed by atoms with van der Waals surface area (Å²) < 4.78 is 11.5. The van der Waals surface area contributed by atoms with E-state index in [1.807, 2.05) is 42.5 Å². The van der Waals surface area contributed by atoms with Gasteiger partial charge in [-0.15, -0.1) is 0 Å². The highest BCUT2D eigenvalue weighted by Crippen LogP contribution is 2.36. The summed E-state index contributed by atoms with van der Waals surface area (Å²) >= 11 is 3.47. The Labute approximate surface area is 139 Å². The first kappa shape index (κ1) is 16.8. The van der Waals surface area contributed by atoms with Crippen molar-refractivity contribution in [3.63, 3.8) is 0 Å². The van der Waals surface area contributed by atoms with Crippen LogP contribution < -0.4 is 14.8 Å². The molecule has 0 aliphatic carbocycles. The molecule has 2 rings (SSSR count). The number of hydrogen-bond acceptors (Lipinski definition) is 4. The van der Waals surface area contributed by atoms with Gasteiger partial charge in [0.25, 0.3) is 0 Å². The Bertz CT molecular complexity index is 604. The molecule has 0 saturated carbocycles. The third-order valence-electron chi connectivity index (χ3n) is 3.34. The minimum Gasteiger partial charge on any atom is -0.493 e. The van der Waals surface area contributed by atoms with Crippen molar-refractivity contribution in [3.05, 3.63) is 58.1 Å². The van der Waals surface area contributed by atoms with Crippen LogP contribution in [0.2, 0.25) is 0 Å². The van der Waals surface area contributed by atoms with Gasteiger partial charge in [-0.05, 0) is 39.2 Å². The van der Waals surface area contributed by atoms with Crippen molar-refractivity contribution >= 4 is 15.9 Å². The van der Waals surface area contributed by atoms with Crippen LogP contribution in [0, 0.1) is 0 Å². The van der Waals surface area contributed by atoms with Crippen molar-refractivity contribution < 1.29 is 14.6 Å². The predicted octanol–water partition coefficient (Wildman–Crippen LogP) is 3.29. The third kappa shape index (κ3) is 4.22. The first-order valence-electron chi connectivity index (χ1n) is 6.99. The normalized spacial score (nSPS) is 12.0. The number of benzene rings is 2. The lowest BCUT2D eigenvalue weighted by atomic mass is 10.1. The second-order valence-corrected chi connectivity index (χ2v) is 5.72. The van der Waals surface area contributed by atoms with Crippen molar-refractivity contribution in [2.24, 2.45) is 0 Å². The molecule has 22 heavy (non-hydrogen) atoms. The van der Waals surface area contributed by atoms with Crippen molar-refractivity contribution in [2.45, 2.75) is 12.6 Å². The van der Waals surface area contributed by atoms with Gasteiger partial charge in [-0.2, -0.15) is 0 Å². The molecule has 2 aromatic rings. The van der Waals surface area contributed by atoms with Gasteiger partial charge >= 0.3 is 0 Å². The Kier molecular flexibility index (Phi) is 6.24. The first-order chi connectivity index (χ1) is 10.7. The molecular weight excluding hydrogens is 346 g/mol. The fraction of sp³-hybridized carbons (Fsp3) is 0.294. The molecule has 0 aromatic heterocycles. The lowest BCUT2D eigenvalue weighted by Gasteiger charge is -2.14. The first-order valence-corrected chi connectivity index (χ1v) is 7.79. The molecule has 0 bridgehead atoms. The van der Waals surface area contributed by atoms with Crippen LogP contribution in [0.15, 0.2) is 46.9 Å². The summed E-state index contributed by atoms with van der Waals surface area (Å²) in [5.74, 6) is 1.35. The molecule has 1 atom stereocenters. The van der Waals surface area contributed by atoms with E-state index in [-0.39, 0.29) is 0 Å². The standard InChI is InChI=1S/C17H20BrNO3/c1-21-16-9-12(8-14(18)17(16)22-2)10-19-11-15(20)13-6-4-3-5-7-13/h3-9,15,19-20H,10-11H2,1-2H3. The molecule has 118 valence electrons. The zero-order valence-electron chi connectivity index (χ0n) is 12.7. The smallest absolute Gasteiger partial charge is 0.174 e. The van der Waals surface area contributed by atoms with Gasteiger partial charge in [0.2, 0.25) is 0 Å². The van der Waals surface area contributed by atoms with Crippen LogP contribution in [0.3, 0.4) is 0 Å². The lowest BCUT2D eigenvalue weighted by Crippen LogP contribution is -2.21. The van der Waals surface area contributed by atoms with Crippen molar-refractivity contribution in [2.75, 3.05) is 20.8 Å². The van der Waals surface area contributed by atoms with Crippen molar-refractivity contribution in [3.8, 4) is 11.5 Å². The van der Waals surface area contributed by atoms with Gasteiger partial charge in [0, 0.05) is 13.1 Å². The van der Waals surface area contributed by atoms with Crippen LogP contribution in [0.25, 0.3) is 0 Å². The van der Waals surface area contributed by atoms with E-state index in [1.165, 1.54) is 0 Å². The Balaban J connectivity index is 1.96. The topological polar surface area (TPSA) is 50.7 Å². The highest BCUT2D eigenvalue weighted by molar-refractivity contribution is 9.10. The molecule has 0 heterocycles. The monoisotopic (exact) mass is 365 g/mol. The van der Waals surface area contributed by atoms with Crippen LogP contribution in [0.5, 0.6) is 11.5 Å². The van der Waals surface area contributed by atoms with Gasteiger partial charge in [-0.25, -0.2) is 0 Å². The Morgan fingerprint density at radius 1 is 1.14 bits per heavy atom. The number of hydrogen-bond donors (Lipinski definition) is 2. The van der Waals surface area contributed by atoms with Gasteiger partial charge in [0.15, 0.2) is 11.5 Å². The zero-order chi connectivity index (χ0) is 15.9. The number of aliphatic hydroxyl groups excluding tert-OH is 1. The molecule has 0 aliphatic rings. The predicted molar refractivity (Wildman–Crippen MR) is 90.4 cm³/mol. The van der Waals surface area contributed by atoms with Crippen molar-refractivity contribution in [1.29, 1.82) is 0 Å². The second kappa shape index (κ2) is 8.17. The number of aliphatic hydroxyl groups is 1. The van der Waals surface area contributed by atoms with Crippen LogP contribution in [-0.2, 0) is 6.54 Å². The molecule has 0 amide bonds. The number of nitrogens with one attached hydrogen (secondary N) is 1. The molecule has 2 aromatic carbocycles. The largest absolute Gasteiger partial charge is 0.493 e.